The number of nitrogens with zero attached hydrogens (tertiary/aromatic N) is 4. The number of hydrogen-bond donors (Lipinski definition) is 0. The van der Waals surface area contributed by atoms with Gasteiger partial charge >= 0.3 is 0 Å². The van der Waals surface area contributed by atoms with Crippen LogP contribution in [0, 0.1) is 5.41 Å². The van der Waals surface area contributed by atoms with Crippen molar-refractivity contribution in [2.45, 2.75) is 26.8 Å². The number of aromatic nitrogens is 3. The maximum atomic E-state index is 5.85. The first kappa shape index (κ1) is 12.4. The molecule has 1 atom stereocenters. The van der Waals surface area contributed by atoms with Crippen molar-refractivity contribution >= 4 is 23.1 Å². The molecule has 3 heterocycles. The zero-order valence-electron chi connectivity index (χ0n) is 11.1. The predicted octanol–water partition coefficient (Wildman–Crippen LogP) is 2.57. The van der Waals surface area contributed by atoms with Gasteiger partial charge in [-0.05, 0) is 17.5 Å². The standard InChI is InChI=1S/C13H15ClN4O/c1-13(2,3)9-7-19-12(16-9)8-6-18-11(15-8)5-4-10(14)17-18/h4-6,9H,7H2,1-3H3/t9-/m1/s1. The fourth-order valence-electron chi connectivity index (χ4n) is 1.92. The van der Waals surface area contributed by atoms with Gasteiger partial charge in [0.15, 0.2) is 5.65 Å². The van der Waals surface area contributed by atoms with Crippen molar-refractivity contribution < 1.29 is 4.74 Å². The molecule has 1 aliphatic heterocycles. The normalized spacial score (nSPS) is 19.6. The van der Waals surface area contributed by atoms with Crippen LogP contribution in [0.2, 0.25) is 5.15 Å². The monoisotopic (exact) mass is 278 g/mol. The van der Waals surface area contributed by atoms with E-state index in [4.69, 9.17) is 16.3 Å². The highest BCUT2D eigenvalue weighted by atomic mass is 35.5. The van der Waals surface area contributed by atoms with Crippen LogP contribution < -0.4 is 0 Å². The summed E-state index contributed by atoms with van der Waals surface area (Å²) in [5.74, 6) is 0.585. The lowest BCUT2D eigenvalue weighted by Gasteiger charge is -2.21. The van der Waals surface area contributed by atoms with Crippen LogP contribution in [0.25, 0.3) is 5.65 Å². The molecular formula is C13H15ClN4O. The molecule has 0 unspecified atom stereocenters. The summed E-state index contributed by atoms with van der Waals surface area (Å²) in [5.41, 5.74) is 1.51. The fourth-order valence-corrected chi connectivity index (χ4v) is 2.06. The Morgan fingerprint density at radius 2 is 2.16 bits per heavy atom. The summed E-state index contributed by atoms with van der Waals surface area (Å²) in [5, 5.41) is 4.57. The van der Waals surface area contributed by atoms with Crippen LogP contribution in [0.15, 0.2) is 23.3 Å². The number of rotatable bonds is 1. The van der Waals surface area contributed by atoms with Gasteiger partial charge in [-0.3, -0.25) is 0 Å². The molecule has 1 aliphatic rings. The first-order valence-corrected chi connectivity index (χ1v) is 6.54. The lowest BCUT2D eigenvalue weighted by Crippen LogP contribution is -2.25. The van der Waals surface area contributed by atoms with Crippen molar-refractivity contribution in [1.29, 1.82) is 0 Å². The Morgan fingerprint density at radius 1 is 1.37 bits per heavy atom. The molecule has 0 fully saturated rings. The van der Waals surface area contributed by atoms with Crippen molar-refractivity contribution in [3.63, 3.8) is 0 Å². The SMILES string of the molecule is CC(C)(C)[C@H]1COC(c2cn3nc(Cl)ccc3n2)=N1. The summed E-state index contributed by atoms with van der Waals surface area (Å²) < 4.78 is 7.28. The highest BCUT2D eigenvalue weighted by Crippen LogP contribution is 2.27. The van der Waals surface area contributed by atoms with Crippen molar-refractivity contribution in [2.75, 3.05) is 6.61 Å². The van der Waals surface area contributed by atoms with E-state index in [2.05, 4.69) is 35.8 Å². The van der Waals surface area contributed by atoms with Gasteiger partial charge in [-0.15, -0.1) is 0 Å². The highest BCUT2D eigenvalue weighted by molar-refractivity contribution is 6.29. The molecule has 5 nitrogen and oxygen atoms in total. The molecule has 19 heavy (non-hydrogen) atoms. The van der Waals surface area contributed by atoms with Crippen LogP contribution in [0.4, 0.5) is 0 Å². The zero-order chi connectivity index (χ0) is 13.6. The van der Waals surface area contributed by atoms with Gasteiger partial charge in [-0.25, -0.2) is 14.5 Å². The largest absolute Gasteiger partial charge is 0.474 e. The van der Waals surface area contributed by atoms with E-state index in [1.54, 1.807) is 16.8 Å². The van der Waals surface area contributed by atoms with Crippen molar-refractivity contribution in [1.82, 2.24) is 14.6 Å². The van der Waals surface area contributed by atoms with E-state index in [0.717, 1.165) is 5.65 Å². The number of ether oxygens (including phenoxy) is 1. The predicted molar refractivity (Wildman–Crippen MR) is 73.7 cm³/mol. The number of aliphatic imine (C=N–C) groups is 1. The third-order valence-corrected chi connectivity index (χ3v) is 3.36. The average molecular weight is 279 g/mol. The molecular weight excluding hydrogens is 264 g/mol. The smallest absolute Gasteiger partial charge is 0.237 e. The Morgan fingerprint density at radius 3 is 2.84 bits per heavy atom. The van der Waals surface area contributed by atoms with E-state index in [-0.39, 0.29) is 11.5 Å². The van der Waals surface area contributed by atoms with Crippen LogP contribution >= 0.6 is 11.6 Å². The third kappa shape index (κ3) is 2.30. The van der Waals surface area contributed by atoms with E-state index in [0.29, 0.717) is 23.4 Å². The van der Waals surface area contributed by atoms with E-state index >= 15 is 0 Å². The summed E-state index contributed by atoms with van der Waals surface area (Å²) >= 11 is 5.85. The van der Waals surface area contributed by atoms with E-state index in [1.165, 1.54) is 0 Å². The lowest BCUT2D eigenvalue weighted by molar-refractivity contribution is 0.235. The quantitative estimate of drug-likeness (QED) is 0.806. The number of imidazole rings is 1. The van der Waals surface area contributed by atoms with Crippen molar-refractivity contribution in [2.24, 2.45) is 10.4 Å². The zero-order valence-corrected chi connectivity index (χ0v) is 11.8. The second kappa shape index (κ2) is 4.20. The second-order valence-corrected chi connectivity index (χ2v) is 6.10. The summed E-state index contributed by atoms with van der Waals surface area (Å²) in [6.07, 6.45) is 1.78. The molecule has 0 N–H and O–H groups in total. The van der Waals surface area contributed by atoms with E-state index in [1.807, 2.05) is 6.07 Å². The van der Waals surface area contributed by atoms with Gasteiger partial charge in [0.2, 0.25) is 5.90 Å². The molecule has 0 saturated heterocycles. The maximum Gasteiger partial charge on any atom is 0.237 e. The molecule has 2 aromatic rings. The topological polar surface area (TPSA) is 51.8 Å². The Balaban J connectivity index is 1.97. The van der Waals surface area contributed by atoms with Crippen molar-refractivity contribution in [3.05, 3.63) is 29.2 Å². The molecule has 0 aromatic carbocycles. The van der Waals surface area contributed by atoms with Crippen LogP contribution in [0.5, 0.6) is 0 Å². The van der Waals surface area contributed by atoms with Gasteiger partial charge in [0.25, 0.3) is 0 Å². The summed E-state index contributed by atoms with van der Waals surface area (Å²) in [7, 11) is 0. The van der Waals surface area contributed by atoms with E-state index in [9.17, 15) is 0 Å². The van der Waals surface area contributed by atoms with Gasteiger partial charge < -0.3 is 4.74 Å². The molecule has 0 spiro atoms. The molecule has 0 bridgehead atoms. The van der Waals surface area contributed by atoms with Gasteiger partial charge in [-0.2, -0.15) is 5.10 Å². The average Bonchev–Trinajstić information content (AvgIpc) is 2.92. The number of fused-ring (bicyclic) bond motifs is 1. The molecule has 0 saturated carbocycles. The highest BCUT2D eigenvalue weighted by Gasteiger charge is 2.31. The molecule has 6 heteroatoms. The third-order valence-electron chi connectivity index (χ3n) is 3.16. The molecule has 2 aromatic heterocycles. The minimum absolute atomic E-state index is 0.0858. The number of halogens is 1. The number of hydrogen-bond acceptors (Lipinski definition) is 4. The molecule has 0 radical (unpaired) electrons. The Kier molecular flexibility index (Phi) is 2.74. The van der Waals surface area contributed by atoms with Gasteiger partial charge in [-0.1, -0.05) is 32.4 Å². The van der Waals surface area contributed by atoms with Crippen LogP contribution in [0.1, 0.15) is 26.5 Å². The Labute approximate surface area is 116 Å². The molecule has 100 valence electrons. The Bertz CT molecular complexity index is 656. The minimum atomic E-state index is 0.0858. The molecule has 3 rings (SSSR count). The first-order valence-electron chi connectivity index (χ1n) is 6.16. The van der Waals surface area contributed by atoms with Gasteiger partial charge in [0, 0.05) is 0 Å². The van der Waals surface area contributed by atoms with Crippen LogP contribution in [0.3, 0.4) is 0 Å². The lowest BCUT2D eigenvalue weighted by atomic mass is 9.88. The van der Waals surface area contributed by atoms with Crippen LogP contribution in [-0.2, 0) is 4.74 Å². The molecule has 0 aliphatic carbocycles. The van der Waals surface area contributed by atoms with Crippen LogP contribution in [-0.4, -0.2) is 33.1 Å². The van der Waals surface area contributed by atoms with Gasteiger partial charge in [0.05, 0.1) is 12.2 Å². The summed E-state index contributed by atoms with van der Waals surface area (Å²) in [6.45, 7) is 7.05. The summed E-state index contributed by atoms with van der Waals surface area (Å²) in [4.78, 5) is 9.04. The second-order valence-electron chi connectivity index (χ2n) is 5.71. The fraction of sp³-hybridized carbons (Fsp3) is 0.462. The first-order chi connectivity index (χ1) is 8.93. The van der Waals surface area contributed by atoms with Crippen molar-refractivity contribution in [3.8, 4) is 0 Å². The van der Waals surface area contributed by atoms with Gasteiger partial charge in [0.1, 0.15) is 17.5 Å². The Hall–Kier alpha value is -1.62. The maximum absolute atomic E-state index is 5.85. The minimum Gasteiger partial charge on any atom is -0.474 e. The summed E-state index contributed by atoms with van der Waals surface area (Å²) in [6, 6.07) is 3.68. The molecule has 0 amide bonds. The van der Waals surface area contributed by atoms with E-state index < -0.39 is 0 Å².